The molecule has 0 radical (unpaired) electrons. The number of hydrogen-bond donors (Lipinski definition) is 1. The van der Waals surface area contributed by atoms with Crippen molar-refractivity contribution in [3.8, 4) is 0 Å². The number of carbonyl (C=O) groups is 1. The van der Waals surface area contributed by atoms with Crippen LogP contribution in [0.25, 0.3) is 0 Å². The summed E-state index contributed by atoms with van der Waals surface area (Å²) in [6.07, 6.45) is 0.477. The maximum absolute atomic E-state index is 13.5. The minimum atomic E-state index is -0.828. The van der Waals surface area contributed by atoms with Gasteiger partial charge in [0.05, 0.1) is 0 Å². The molecule has 1 fully saturated rings. The zero-order valence-electron chi connectivity index (χ0n) is 8.01. The van der Waals surface area contributed by atoms with E-state index in [9.17, 15) is 9.18 Å². The lowest BCUT2D eigenvalue weighted by Crippen LogP contribution is -2.39. The second kappa shape index (κ2) is 3.17. The normalized spacial score (nSPS) is 26.9. The topological polar surface area (TPSA) is 29.1 Å². The van der Waals surface area contributed by atoms with E-state index in [2.05, 4.69) is 5.32 Å². The fraction of sp³-hybridized carbons (Fsp3) is 0.364. The maximum Gasteiger partial charge on any atom is 0.158 e. The number of nitrogens with one attached hydrogen (secondary N) is 1. The van der Waals surface area contributed by atoms with Gasteiger partial charge in [0.15, 0.2) is 5.78 Å². The van der Waals surface area contributed by atoms with E-state index >= 15 is 0 Å². The van der Waals surface area contributed by atoms with Crippen molar-refractivity contribution >= 4 is 5.78 Å². The molecule has 74 valence electrons. The van der Waals surface area contributed by atoms with Crippen molar-refractivity contribution in [2.75, 3.05) is 6.54 Å². The van der Waals surface area contributed by atoms with Crippen LogP contribution in [0, 0.1) is 5.82 Å². The van der Waals surface area contributed by atoms with Crippen LogP contribution in [-0.4, -0.2) is 12.3 Å². The first-order chi connectivity index (χ1) is 6.64. The van der Waals surface area contributed by atoms with Gasteiger partial charge in [0.25, 0.3) is 0 Å². The summed E-state index contributed by atoms with van der Waals surface area (Å²) in [5.41, 5.74) is -0.381. The minimum absolute atomic E-state index is 0.0580. The lowest BCUT2D eigenvalue weighted by Gasteiger charge is -2.23. The van der Waals surface area contributed by atoms with Crippen LogP contribution in [0.3, 0.4) is 0 Å². The van der Waals surface area contributed by atoms with E-state index in [1.54, 1.807) is 25.1 Å². The minimum Gasteiger partial charge on any atom is -0.301 e. The van der Waals surface area contributed by atoms with E-state index in [0.29, 0.717) is 18.5 Å². The van der Waals surface area contributed by atoms with Crippen molar-refractivity contribution < 1.29 is 9.18 Å². The van der Waals surface area contributed by atoms with E-state index in [1.807, 2.05) is 0 Å². The van der Waals surface area contributed by atoms with Crippen molar-refractivity contribution in [3.05, 3.63) is 35.6 Å². The summed E-state index contributed by atoms with van der Waals surface area (Å²) in [6.45, 7) is 2.37. The highest BCUT2D eigenvalue weighted by atomic mass is 19.1. The summed E-state index contributed by atoms with van der Waals surface area (Å²) in [5, 5.41) is 3.05. The molecule has 1 saturated heterocycles. The van der Waals surface area contributed by atoms with Crippen molar-refractivity contribution in [2.24, 2.45) is 0 Å². The largest absolute Gasteiger partial charge is 0.301 e. The molecule has 1 aliphatic heterocycles. The fourth-order valence-corrected chi connectivity index (χ4v) is 1.89. The molecule has 0 amide bonds. The second-order valence-electron chi connectivity index (χ2n) is 3.70. The van der Waals surface area contributed by atoms with Crippen LogP contribution in [0.2, 0.25) is 0 Å². The Bertz CT molecular complexity index is 377. The van der Waals surface area contributed by atoms with Gasteiger partial charge >= 0.3 is 0 Å². The predicted molar refractivity (Wildman–Crippen MR) is 51.4 cm³/mol. The van der Waals surface area contributed by atoms with Crippen molar-refractivity contribution in [1.29, 1.82) is 0 Å². The zero-order chi connectivity index (χ0) is 10.2. The molecule has 1 unspecified atom stereocenters. The Morgan fingerprint density at radius 2 is 2.14 bits per heavy atom. The van der Waals surface area contributed by atoms with Gasteiger partial charge in [-0.25, -0.2) is 4.39 Å². The molecule has 1 aromatic carbocycles. The highest BCUT2D eigenvalue weighted by Gasteiger charge is 2.40. The molecule has 2 nitrogen and oxygen atoms in total. The van der Waals surface area contributed by atoms with E-state index in [4.69, 9.17) is 0 Å². The zero-order valence-corrected chi connectivity index (χ0v) is 8.01. The number of hydrogen-bond acceptors (Lipinski definition) is 2. The first-order valence-corrected chi connectivity index (χ1v) is 4.68. The third-order valence-corrected chi connectivity index (χ3v) is 2.80. The molecular formula is C11H12FNO. The van der Waals surface area contributed by atoms with Crippen molar-refractivity contribution in [2.45, 2.75) is 18.9 Å². The standard InChI is InChI=1S/C11H12FNO/c1-11(10(14)6-7-13-11)8-4-2-3-5-9(8)12/h2-5,13H,6-7H2,1H3. The Balaban J connectivity index is 2.48. The van der Waals surface area contributed by atoms with Crippen LogP contribution in [-0.2, 0) is 10.3 Å². The van der Waals surface area contributed by atoms with Crippen LogP contribution in [0.1, 0.15) is 18.9 Å². The molecule has 1 N–H and O–H groups in total. The van der Waals surface area contributed by atoms with Gasteiger partial charge < -0.3 is 5.32 Å². The molecule has 0 spiro atoms. The molecule has 3 heteroatoms. The molecule has 1 heterocycles. The quantitative estimate of drug-likeness (QED) is 0.734. The smallest absolute Gasteiger partial charge is 0.158 e. The van der Waals surface area contributed by atoms with Gasteiger partial charge in [0.1, 0.15) is 11.4 Å². The lowest BCUT2D eigenvalue weighted by molar-refractivity contribution is -0.122. The van der Waals surface area contributed by atoms with Crippen molar-refractivity contribution in [1.82, 2.24) is 5.32 Å². The van der Waals surface area contributed by atoms with Crippen LogP contribution >= 0.6 is 0 Å². The predicted octanol–water partition coefficient (Wildman–Crippen LogP) is 1.60. The molecule has 14 heavy (non-hydrogen) atoms. The van der Waals surface area contributed by atoms with Crippen LogP contribution in [0.15, 0.2) is 24.3 Å². The van der Waals surface area contributed by atoms with Crippen LogP contribution in [0.5, 0.6) is 0 Å². The number of Topliss-reactive ketones (excluding diaryl/α,β-unsaturated/α-hetero) is 1. The van der Waals surface area contributed by atoms with Gasteiger partial charge in [0.2, 0.25) is 0 Å². The highest BCUT2D eigenvalue weighted by molar-refractivity contribution is 5.91. The van der Waals surface area contributed by atoms with Crippen LogP contribution in [0.4, 0.5) is 4.39 Å². The third kappa shape index (κ3) is 1.24. The first-order valence-electron chi connectivity index (χ1n) is 4.68. The molecule has 1 atom stereocenters. The SMILES string of the molecule is CC1(c2ccccc2F)NCCC1=O. The van der Waals surface area contributed by atoms with E-state index in [1.165, 1.54) is 6.07 Å². The number of halogens is 1. The molecule has 1 aliphatic rings. The summed E-state index contributed by atoms with van der Waals surface area (Å²) in [7, 11) is 0. The van der Waals surface area contributed by atoms with Crippen molar-refractivity contribution in [3.63, 3.8) is 0 Å². The van der Waals surface area contributed by atoms with E-state index in [-0.39, 0.29) is 11.6 Å². The number of rotatable bonds is 1. The Morgan fingerprint density at radius 1 is 1.43 bits per heavy atom. The summed E-state index contributed by atoms with van der Waals surface area (Å²) >= 11 is 0. The first kappa shape index (κ1) is 9.34. The Labute approximate surface area is 82.1 Å². The van der Waals surface area contributed by atoms with E-state index in [0.717, 1.165) is 0 Å². The molecule has 0 saturated carbocycles. The van der Waals surface area contributed by atoms with Gasteiger partial charge in [0, 0.05) is 18.5 Å². The summed E-state index contributed by atoms with van der Waals surface area (Å²) in [5.74, 6) is -0.264. The fourth-order valence-electron chi connectivity index (χ4n) is 1.89. The molecule has 1 aromatic rings. The third-order valence-electron chi connectivity index (χ3n) is 2.80. The molecule has 0 aromatic heterocycles. The van der Waals surface area contributed by atoms with Gasteiger partial charge in [-0.3, -0.25) is 4.79 Å². The monoisotopic (exact) mass is 193 g/mol. The Hall–Kier alpha value is -1.22. The van der Waals surface area contributed by atoms with Crippen LogP contribution < -0.4 is 5.32 Å². The van der Waals surface area contributed by atoms with E-state index < -0.39 is 5.54 Å². The maximum atomic E-state index is 13.5. The highest BCUT2D eigenvalue weighted by Crippen LogP contribution is 2.28. The summed E-state index contributed by atoms with van der Waals surface area (Å²) in [4.78, 5) is 11.6. The second-order valence-corrected chi connectivity index (χ2v) is 3.70. The molecule has 0 aliphatic carbocycles. The van der Waals surface area contributed by atoms with Gasteiger partial charge in [-0.15, -0.1) is 0 Å². The average molecular weight is 193 g/mol. The molecular weight excluding hydrogens is 181 g/mol. The summed E-state index contributed by atoms with van der Waals surface area (Å²) in [6, 6.07) is 6.41. The lowest BCUT2D eigenvalue weighted by atomic mass is 9.89. The average Bonchev–Trinajstić information content (AvgIpc) is 2.49. The molecule has 2 rings (SSSR count). The number of carbonyl (C=O) groups excluding carboxylic acids is 1. The van der Waals surface area contributed by atoms with Gasteiger partial charge in [-0.1, -0.05) is 18.2 Å². The number of ketones is 1. The molecule has 0 bridgehead atoms. The Kier molecular flexibility index (Phi) is 2.11. The summed E-state index contributed by atoms with van der Waals surface area (Å²) < 4.78 is 13.5. The van der Waals surface area contributed by atoms with Gasteiger partial charge in [-0.2, -0.15) is 0 Å². The Morgan fingerprint density at radius 3 is 2.71 bits per heavy atom. The number of benzene rings is 1. The van der Waals surface area contributed by atoms with Gasteiger partial charge in [-0.05, 0) is 13.0 Å².